The van der Waals surface area contributed by atoms with Gasteiger partial charge >= 0.3 is 0 Å². The highest BCUT2D eigenvalue weighted by Gasteiger charge is 2.10. The van der Waals surface area contributed by atoms with Gasteiger partial charge in [-0.3, -0.25) is 0 Å². The van der Waals surface area contributed by atoms with E-state index in [1.54, 1.807) is 24.3 Å². The highest BCUT2D eigenvalue weighted by molar-refractivity contribution is 5.63. The summed E-state index contributed by atoms with van der Waals surface area (Å²) < 4.78 is 6.26. The first kappa shape index (κ1) is 22.1. The third-order valence-corrected chi connectivity index (χ3v) is 4.57. The summed E-state index contributed by atoms with van der Waals surface area (Å²) in [7, 11) is 0. The van der Waals surface area contributed by atoms with Crippen molar-refractivity contribution in [2.24, 2.45) is 0 Å². The Labute approximate surface area is 188 Å². The Kier molecular flexibility index (Phi) is 7.24. The van der Waals surface area contributed by atoms with Crippen LogP contribution < -0.4 is 15.4 Å². The fraction of sp³-hybridized carbons (Fsp3) is 0.115. The summed E-state index contributed by atoms with van der Waals surface area (Å²) in [6, 6.07) is 18.9. The maximum atomic E-state index is 8.98. The zero-order valence-corrected chi connectivity index (χ0v) is 18.0. The minimum Gasteiger partial charge on any atom is -0.457 e. The lowest BCUT2D eigenvalue weighted by molar-refractivity contribution is 0.475. The van der Waals surface area contributed by atoms with Crippen LogP contribution >= 0.6 is 0 Å². The largest absolute Gasteiger partial charge is 0.457 e. The maximum Gasteiger partial charge on any atom is 0.136 e. The molecule has 0 bridgehead atoms. The Bertz CT molecular complexity index is 1210. The molecule has 1 aromatic heterocycles. The summed E-state index contributed by atoms with van der Waals surface area (Å²) in [4.78, 5) is 4.59. The third kappa shape index (κ3) is 5.75. The Hall–Kier alpha value is -4.55. The molecule has 0 aliphatic heterocycles. The van der Waals surface area contributed by atoms with E-state index in [2.05, 4.69) is 28.3 Å². The maximum absolute atomic E-state index is 8.98. The number of anilines is 3. The van der Waals surface area contributed by atoms with Crippen molar-refractivity contribution in [3.8, 4) is 23.6 Å². The SMILES string of the molecule is C=CCNc1cc(Oc2c(C)cc(/C=C/C#N)cc2C)cc(Nc2ccc(C#N)cc2)n1. The molecular formula is C26H23N5O. The van der Waals surface area contributed by atoms with Gasteiger partial charge in [0.25, 0.3) is 0 Å². The first-order valence-electron chi connectivity index (χ1n) is 10.0. The van der Waals surface area contributed by atoms with Crippen molar-refractivity contribution in [1.82, 2.24) is 4.98 Å². The number of hydrogen-bond acceptors (Lipinski definition) is 6. The van der Waals surface area contributed by atoms with E-state index in [0.29, 0.717) is 29.5 Å². The summed E-state index contributed by atoms with van der Waals surface area (Å²) in [6.07, 6.45) is 4.98. The zero-order valence-electron chi connectivity index (χ0n) is 18.0. The molecule has 0 aliphatic carbocycles. The molecule has 3 aromatic rings. The molecule has 0 fully saturated rings. The number of hydrogen-bond donors (Lipinski definition) is 2. The Morgan fingerprint density at radius 3 is 2.34 bits per heavy atom. The lowest BCUT2D eigenvalue weighted by atomic mass is 10.1. The highest BCUT2D eigenvalue weighted by Crippen LogP contribution is 2.33. The standard InChI is InChI=1S/C26H23N5O/c1-4-12-29-24-15-23(16-25(31-24)30-22-9-7-20(17-28)8-10-22)32-26-18(2)13-21(6-5-11-27)14-19(26)3/h4-10,13-16H,1,12H2,2-3H3,(H2,29,30,31)/b6-5+. The monoisotopic (exact) mass is 421 g/mol. The number of nitrogens with zero attached hydrogens (tertiary/aromatic N) is 3. The van der Waals surface area contributed by atoms with Crippen LogP contribution in [0.2, 0.25) is 0 Å². The van der Waals surface area contributed by atoms with Crippen molar-refractivity contribution < 1.29 is 4.74 Å². The fourth-order valence-electron chi connectivity index (χ4n) is 3.16. The number of rotatable bonds is 8. The normalized spacial score (nSPS) is 10.2. The van der Waals surface area contributed by atoms with Crippen LogP contribution in [0.25, 0.3) is 6.08 Å². The number of ether oxygens (including phenoxy) is 1. The smallest absolute Gasteiger partial charge is 0.136 e. The summed E-state index contributed by atoms with van der Waals surface area (Å²) in [5, 5.41) is 24.2. The van der Waals surface area contributed by atoms with Crippen LogP contribution in [0.1, 0.15) is 22.3 Å². The summed E-state index contributed by atoms with van der Waals surface area (Å²) in [5.41, 5.74) is 4.26. The van der Waals surface area contributed by atoms with E-state index in [-0.39, 0.29) is 0 Å². The quantitative estimate of drug-likeness (QED) is 0.330. The van der Waals surface area contributed by atoms with Gasteiger partial charge in [0, 0.05) is 30.4 Å². The topological polar surface area (TPSA) is 93.8 Å². The van der Waals surface area contributed by atoms with Crippen molar-refractivity contribution in [3.63, 3.8) is 0 Å². The molecule has 158 valence electrons. The Balaban J connectivity index is 1.92. The van der Waals surface area contributed by atoms with E-state index in [1.165, 1.54) is 6.08 Å². The number of aromatic nitrogens is 1. The fourth-order valence-corrected chi connectivity index (χ4v) is 3.16. The van der Waals surface area contributed by atoms with Crippen molar-refractivity contribution in [3.05, 3.63) is 89.5 Å². The van der Waals surface area contributed by atoms with Crippen LogP contribution in [0.3, 0.4) is 0 Å². The van der Waals surface area contributed by atoms with Crippen LogP contribution in [0, 0.1) is 36.5 Å². The van der Waals surface area contributed by atoms with Gasteiger partial charge in [-0.15, -0.1) is 6.58 Å². The van der Waals surface area contributed by atoms with Gasteiger partial charge in [0.1, 0.15) is 23.1 Å². The lowest BCUT2D eigenvalue weighted by Crippen LogP contribution is -2.03. The van der Waals surface area contributed by atoms with Crippen molar-refractivity contribution in [2.45, 2.75) is 13.8 Å². The second-order valence-corrected chi connectivity index (χ2v) is 7.11. The molecule has 0 saturated carbocycles. The molecule has 0 saturated heterocycles. The van der Waals surface area contributed by atoms with E-state index in [1.807, 2.05) is 56.3 Å². The van der Waals surface area contributed by atoms with Gasteiger partial charge in [0.2, 0.25) is 0 Å². The van der Waals surface area contributed by atoms with Gasteiger partial charge in [-0.2, -0.15) is 10.5 Å². The minimum atomic E-state index is 0.560. The number of nitrogens with one attached hydrogen (secondary N) is 2. The van der Waals surface area contributed by atoms with E-state index in [9.17, 15) is 0 Å². The molecule has 2 aromatic carbocycles. The molecule has 0 amide bonds. The van der Waals surface area contributed by atoms with Gasteiger partial charge in [-0.25, -0.2) is 4.98 Å². The predicted octanol–water partition coefficient (Wildman–Crippen LogP) is 6.24. The molecule has 3 rings (SSSR count). The highest BCUT2D eigenvalue weighted by atomic mass is 16.5. The van der Waals surface area contributed by atoms with Gasteiger partial charge in [-0.05, 0) is 73.0 Å². The van der Waals surface area contributed by atoms with Crippen LogP contribution in [0.5, 0.6) is 11.5 Å². The average molecular weight is 422 g/mol. The number of aryl methyl sites for hydroxylation is 2. The first-order valence-corrected chi connectivity index (χ1v) is 10.0. The minimum absolute atomic E-state index is 0.560. The Morgan fingerprint density at radius 2 is 1.72 bits per heavy atom. The summed E-state index contributed by atoms with van der Waals surface area (Å²) in [6.45, 7) is 8.24. The van der Waals surface area contributed by atoms with Crippen molar-refractivity contribution in [1.29, 1.82) is 10.5 Å². The molecule has 32 heavy (non-hydrogen) atoms. The summed E-state index contributed by atoms with van der Waals surface area (Å²) in [5.74, 6) is 2.61. The lowest BCUT2D eigenvalue weighted by Gasteiger charge is -2.15. The second-order valence-electron chi connectivity index (χ2n) is 7.11. The van der Waals surface area contributed by atoms with Crippen LogP contribution in [-0.4, -0.2) is 11.5 Å². The number of allylic oxidation sites excluding steroid dienone is 1. The molecule has 0 aliphatic rings. The first-order chi connectivity index (χ1) is 15.5. The number of nitriles is 2. The third-order valence-electron chi connectivity index (χ3n) is 4.57. The predicted molar refractivity (Wildman–Crippen MR) is 128 cm³/mol. The van der Waals surface area contributed by atoms with Gasteiger partial charge in [0.15, 0.2) is 0 Å². The molecule has 6 heteroatoms. The zero-order chi connectivity index (χ0) is 22.9. The van der Waals surface area contributed by atoms with E-state index in [4.69, 9.17) is 15.3 Å². The van der Waals surface area contributed by atoms with Gasteiger partial charge < -0.3 is 15.4 Å². The molecule has 2 N–H and O–H groups in total. The molecule has 0 atom stereocenters. The van der Waals surface area contributed by atoms with Crippen molar-refractivity contribution >= 4 is 23.4 Å². The van der Waals surface area contributed by atoms with E-state index in [0.717, 1.165) is 28.1 Å². The molecule has 0 radical (unpaired) electrons. The van der Waals surface area contributed by atoms with Gasteiger partial charge in [-0.1, -0.05) is 6.08 Å². The van der Waals surface area contributed by atoms with Crippen LogP contribution in [0.4, 0.5) is 17.3 Å². The van der Waals surface area contributed by atoms with E-state index >= 15 is 0 Å². The molecular weight excluding hydrogens is 398 g/mol. The molecule has 6 nitrogen and oxygen atoms in total. The Morgan fingerprint density at radius 1 is 1.03 bits per heavy atom. The van der Waals surface area contributed by atoms with Crippen LogP contribution in [-0.2, 0) is 0 Å². The van der Waals surface area contributed by atoms with Gasteiger partial charge in [0.05, 0.1) is 17.7 Å². The van der Waals surface area contributed by atoms with Crippen molar-refractivity contribution in [2.75, 3.05) is 17.2 Å². The molecule has 0 unspecified atom stereocenters. The second kappa shape index (κ2) is 10.5. The van der Waals surface area contributed by atoms with E-state index < -0.39 is 0 Å². The number of pyridine rings is 1. The molecule has 1 heterocycles. The summed E-state index contributed by atoms with van der Waals surface area (Å²) >= 11 is 0. The number of benzene rings is 2. The van der Waals surface area contributed by atoms with Crippen LogP contribution in [0.15, 0.2) is 67.3 Å². The average Bonchev–Trinajstić information content (AvgIpc) is 2.79. The molecule has 0 spiro atoms.